The van der Waals surface area contributed by atoms with Crippen LogP contribution in [0.25, 0.3) is 5.57 Å². The molecule has 238 valence electrons. The van der Waals surface area contributed by atoms with Crippen LogP contribution in [0.15, 0.2) is 65.6 Å². The molecule has 1 spiro atoms. The Labute approximate surface area is 273 Å². The van der Waals surface area contributed by atoms with Crippen molar-refractivity contribution in [3.63, 3.8) is 0 Å². The maximum absolute atomic E-state index is 13.3. The van der Waals surface area contributed by atoms with Crippen molar-refractivity contribution in [3.05, 3.63) is 98.2 Å². The Kier molecular flexibility index (Phi) is 9.35. The first-order valence-electron chi connectivity index (χ1n) is 16.9. The van der Waals surface area contributed by atoms with Crippen LogP contribution in [0.1, 0.15) is 109 Å². The molecular weight excluding hydrogens is 575 g/mol. The third-order valence-electron chi connectivity index (χ3n) is 10.6. The number of thiophene rings is 1. The molecule has 6 heteroatoms. The molecule has 2 amide bonds. The fourth-order valence-corrected chi connectivity index (χ4v) is 8.84. The average Bonchev–Trinajstić information content (AvgIpc) is 3.52. The average molecular weight is 624 g/mol. The minimum Gasteiger partial charge on any atom is -0.345 e. The van der Waals surface area contributed by atoms with Gasteiger partial charge in [0, 0.05) is 37.5 Å². The van der Waals surface area contributed by atoms with Crippen molar-refractivity contribution in [1.82, 2.24) is 15.1 Å². The molecule has 2 aromatic carbocycles. The van der Waals surface area contributed by atoms with E-state index in [1.165, 1.54) is 65.1 Å². The molecule has 45 heavy (non-hydrogen) atoms. The molecule has 3 heterocycles. The van der Waals surface area contributed by atoms with Crippen molar-refractivity contribution in [1.29, 1.82) is 0 Å². The summed E-state index contributed by atoms with van der Waals surface area (Å²) in [7, 11) is 2.22. The summed E-state index contributed by atoms with van der Waals surface area (Å²) in [4.78, 5) is 31.3. The van der Waals surface area contributed by atoms with Crippen LogP contribution < -0.4 is 5.32 Å². The molecule has 1 saturated carbocycles. The van der Waals surface area contributed by atoms with Gasteiger partial charge in [0.05, 0.1) is 10.9 Å². The fourth-order valence-electron chi connectivity index (χ4n) is 7.95. The summed E-state index contributed by atoms with van der Waals surface area (Å²) in [6.07, 6.45) is 6.12. The molecule has 3 fully saturated rings. The van der Waals surface area contributed by atoms with Gasteiger partial charge in [0.15, 0.2) is 0 Å². The summed E-state index contributed by atoms with van der Waals surface area (Å²) in [5, 5.41) is 5.38. The van der Waals surface area contributed by atoms with Crippen LogP contribution in [0, 0.1) is 18.3 Å². The van der Waals surface area contributed by atoms with Crippen LogP contribution in [-0.4, -0.2) is 54.8 Å². The molecule has 1 N–H and O–H groups in total. The number of amides is 2. The third kappa shape index (κ3) is 6.69. The van der Waals surface area contributed by atoms with Gasteiger partial charge in [-0.1, -0.05) is 73.5 Å². The van der Waals surface area contributed by atoms with Crippen molar-refractivity contribution < 1.29 is 9.59 Å². The first kappa shape index (κ1) is 31.7. The van der Waals surface area contributed by atoms with Gasteiger partial charge in [0.2, 0.25) is 5.91 Å². The fraction of sp³-hybridized carbons (Fsp3) is 0.487. The zero-order valence-corrected chi connectivity index (χ0v) is 28.5. The van der Waals surface area contributed by atoms with Gasteiger partial charge in [-0.3, -0.25) is 9.59 Å². The zero-order valence-electron chi connectivity index (χ0n) is 27.7. The number of allylic oxidation sites excluding steroid dienone is 1. The van der Waals surface area contributed by atoms with Gasteiger partial charge >= 0.3 is 0 Å². The number of likely N-dealkylation sites (tertiary alicyclic amines) is 2. The minimum absolute atomic E-state index is 0.0168. The Bertz CT molecular complexity index is 1530. The van der Waals surface area contributed by atoms with E-state index in [1.54, 1.807) is 5.57 Å². The highest BCUT2D eigenvalue weighted by atomic mass is 32.1. The van der Waals surface area contributed by atoms with E-state index in [1.807, 2.05) is 0 Å². The van der Waals surface area contributed by atoms with E-state index in [4.69, 9.17) is 0 Å². The zero-order chi connectivity index (χ0) is 31.7. The Hall–Kier alpha value is -3.22. The van der Waals surface area contributed by atoms with E-state index >= 15 is 0 Å². The van der Waals surface area contributed by atoms with Gasteiger partial charge in [0.25, 0.3) is 5.91 Å². The highest BCUT2D eigenvalue weighted by Crippen LogP contribution is 2.54. The molecule has 1 atom stereocenters. The molecule has 1 aromatic heterocycles. The van der Waals surface area contributed by atoms with E-state index in [0.29, 0.717) is 17.2 Å². The maximum Gasteiger partial charge on any atom is 0.261 e. The van der Waals surface area contributed by atoms with Crippen LogP contribution in [0.3, 0.4) is 0 Å². The second-order valence-corrected chi connectivity index (χ2v) is 15.0. The molecule has 0 bridgehead atoms. The van der Waals surface area contributed by atoms with E-state index in [-0.39, 0.29) is 17.9 Å². The lowest BCUT2D eigenvalue weighted by molar-refractivity contribution is -0.136. The Balaban J connectivity index is 1.08. The molecule has 1 unspecified atom stereocenters. The second kappa shape index (κ2) is 13.3. The minimum atomic E-state index is -0.0932. The van der Waals surface area contributed by atoms with Crippen LogP contribution in [0.2, 0.25) is 0 Å². The summed E-state index contributed by atoms with van der Waals surface area (Å²) in [6.45, 7) is 12.4. The molecule has 5 nitrogen and oxygen atoms in total. The highest BCUT2D eigenvalue weighted by molar-refractivity contribution is 7.12. The number of carbonyl (C=O) groups excluding carboxylic acids is 2. The number of aryl methyl sites for hydroxylation is 1. The number of rotatable bonds is 9. The van der Waals surface area contributed by atoms with Crippen molar-refractivity contribution in [3.8, 4) is 0 Å². The van der Waals surface area contributed by atoms with Crippen LogP contribution in [0.4, 0.5) is 0 Å². The Morgan fingerprint density at radius 2 is 1.56 bits per heavy atom. The summed E-state index contributed by atoms with van der Waals surface area (Å²) >= 11 is 1.53. The van der Waals surface area contributed by atoms with Gasteiger partial charge in [-0.05, 0) is 105 Å². The number of nitrogens with one attached hydrogen (secondary N) is 1. The maximum atomic E-state index is 13.3. The smallest absolute Gasteiger partial charge is 0.261 e. The molecule has 2 aliphatic heterocycles. The van der Waals surface area contributed by atoms with Gasteiger partial charge < -0.3 is 15.1 Å². The summed E-state index contributed by atoms with van der Waals surface area (Å²) < 4.78 is 0. The first-order valence-corrected chi connectivity index (χ1v) is 17.8. The molecular formula is C39H49N3O2S. The largest absolute Gasteiger partial charge is 0.345 e. The van der Waals surface area contributed by atoms with E-state index in [9.17, 15) is 9.59 Å². The van der Waals surface area contributed by atoms with Gasteiger partial charge in [-0.2, -0.15) is 0 Å². The van der Waals surface area contributed by atoms with Crippen molar-refractivity contribution >= 4 is 28.7 Å². The van der Waals surface area contributed by atoms with Gasteiger partial charge in [-0.25, -0.2) is 0 Å². The Morgan fingerprint density at radius 1 is 0.956 bits per heavy atom. The monoisotopic (exact) mass is 623 g/mol. The SMILES string of the molecule is CCC(CC)C(=O)N1CCC(c2csc(C(=O)NC(C)c3ccc(C(=C4CC5(C4)CN(C)C5)c4ccc(C)cc4)cc3)c2)CC1. The van der Waals surface area contributed by atoms with Gasteiger partial charge in [0.1, 0.15) is 0 Å². The number of nitrogens with zero attached hydrogens (tertiary/aromatic N) is 2. The normalized spacial score (nSPS) is 18.9. The molecule has 0 radical (unpaired) electrons. The second-order valence-electron chi connectivity index (χ2n) is 14.0. The lowest BCUT2D eigenvalue weighted by atomic mass is 9.59. The lowest BCUT2D eigenvalue weighted by Gasteiger charge is -2.56. The third-order valence-corrected chi connectivity index (χ3v) is 11.5. The molecule has 2 saturated heterocycles. The standard InChI is InChI=1S/C39H49N3O2S/c1-6-28(7-2)38(44)42-18-16-30(17-19-42)33-20-35(45-23-33)37(43)40-27(4)29-12-14-32(15-13-29)36(31-10-8-26(3)9-11-31)34-21-39(22-34)24-41(5)25-39/h8-15,20,23,27-28,30H,6-7,16-19,21-22,24-25H2,1-5H3,(H,40,43). The quantitative estimate of drug-likeness (QED) is 0.261. The molecule has 3 aromatic rings. The molecule has 3 aliphatic rings. The van der Waals surface area contributed by atoms with E-state index in [2.05, 4.69) is 110 Å². The van der Waals surface area contributed by atoms with Crippen molar-refractivity contribution in [2.75, 3.05) is 33.2 Å². The molecule has 1 aliphatic carbocycles. The number of hydrogen-bond acceptors (Lipinski definition) is 4. The highest BCUT2D eigenvalue weighted by Gasteiger charge is 2.49. The first-order chi connectivity index (χ1) is 21.7. The number of benzene rings is 2. The van der Waals surface area contributed by atoms with E-state index < -0.39 is 0 Å². The number of carbonyl (C=O) groups is 2. The number of hydrogen-bond donors (Lipinski definition) is 1. The predicted octanol–water partition coefficient (Wildman–Crippen LogP) is 8.22. The molecule has 6 rings (SSSR count). The lowest BCUT2D eigenvalue weighted by Crippen LogP contribution is -2.58. The van der Waals surface area contributed by atoms with Gasteiger partial charge in [-0.15, -0.1) is 11.3 Å². The predicted molar refractivity (Wildman–Crippen MR) is 186 cm³/mol. The van der Waals surface area contributed by atoms with Crippen LogP contribution >= 0.6 is 11.3 Å². The number of piperidine rings is 1. The summed E-state index contributed by atoms with van der Waals surface area (Å²) in [5.41, 5.74) is 9.62. The van der Waals surface area contributed by atoms with Crippen molar-refractivity contribution in [2.24, 2.45) is 11.3 Å². The summed E-state index contributed by atoms with van der Waals surface area (Å²) in [5.74, 6) is 0.850. The Morgan fingerprint density at radius 3 is 2.13 bits per heavy atom. The van der Waals surface area contributed by atoms with E-state index in [0.717, 1.165) is 49.2 Å². The van der Waals surface area contributed by atoms with Crippen molar-refractivity contribution in [2.45, 2.75) is 78.2 Å². The summed E-state index contributed by atoms with van der Waals surface area (Å²) in [6, 6.07) is 19.8. The topological polar surface area (TPSA) is 52.7 Å². The van der Waals surface area contributed by atoms with Crippen LogP contribution in [0.5, 0.6) is 0 Å². The van der Waals surface area contributed by atoms with Crippen LogP contribution in [-0.2, 0) is 4.79 Å².